The third kappa shape index (κ3) is 4.54. The molecule has 0 saturated carbocycles. The summed E-state index contributed by atoms with van der Waals surface area (Å²) >= 11 is 5.15. The van der Waals surface area contributed by atoms with Crippen molar-refractivity contribution in [3.05, 3.63) is 50.6 Å². The lowest BCUT2D eigenvalue weighted by atomic mass is 10.1. The van der Waals surface area contributed by atoms with Crippen molar-refractivity contribution in [2.24, 2.45) is 5.73 Å². The van der Waals surface area contributed by atoms with Crippen molar-refractivity contribution in [2.75, 3.05) is 7.11 Å². The highest BCUT2D eigenvalue weighted by molar-refractivity contribution is 9.11. The summed E-state index contributed by atoms with van der Waals surface area (Å²) in [4.78, 5) is 1.13. The van der Waals surface area contributed by atoms with Crippen LogP contribution in [0.25, 0.3) is 0 Å². The van der Waals surface area contributed by atoms with Crippen LogP contribution in [0.4, 0.5) is 0 Å². The van der Waals surface area contributed by atoms with Crippen LogP contribution >= 0.6 is 27.3 Å². The Bertz CT molecular complexity index is 573. The van der Waals surface area contributed by atoms with Gasteiger partial charge in [0.15, 0.2) is 0 Å². The maximum absolute atomic E-state index is 6.24. The van der Waals surface area contributed by atoms with Gasteiger partial charge in [-0.1, -0.05) is 19.1 Å². The van der Waals surface area contributed by atoms with Crippen LogP contribution in [0.15, 0.2) is 40.2 Å². The zero-order chi connectivity index (χ0) is 15.2. The van der Waals surface area contributed by atoms with Crippen LogP contribution < -0.4 is 10.5 Å². The number of ether oxygens (including phenoxy) is 2. The van der Waals surface area contributed by atoms with Gasteiger partial charge in [-0.05, 0) is 52.2 Å². The lowest BCUT2D eigenvalue weighted by Crippen LogP contribution is -2.30. The predicted molar refractivity (Wildman–Crippen MR) is 90.8 cm³/mol. The van der Waals surface area contributed by atoms with Gasteiger partial charge in [-0.15, -0.1) is 11.3 Å². The van der Waals surface area contributed by atoms with Gasteiger partial charge in [0.05, 0.1) is 10.4 Å². The van der Waals surface area contributed by atoms with Crippen molar-refractivity contribution >= 4 is 27.3 Å². The van der Waals surface area contributed by atoms with Crippen molar-refractivity contribution in [1.29, 1.82) is 0 Å². The molecule has 21 heavy (non-hydrogen) atoms. The zero-order valence-corrected chi connectivity index (χ0v) is 14.6. The zero-order valence-electron chi connectivity index (χ0n) is 12.2. The summed E-state index contributed by atoms with van der Waals surface area (Å²) in [6, 6.07) is 12.0. The molecule has 0 amide bonds. The molecule has 0 bridgehead atoms. The van der Waals surface area contributed by atoms with Gasteiger partial charge in [0.1, 0.15) is 11.9 Å². The third-order valence-electron chi connectivity index (χ3n) is 3.21. The molecule has 0 radical (unpaired) electrons. The Morgan fingerprint density at radius 1 is 1.29 bits per heavy atom. The van der Waals surface area contributed by atoms with E-state index in [1.165, 1.54) is 0 Å². The topological polar surface area (TPSA) is 44.5 Å². The van der Waals surface area contributed by atoms with Gasteiger partial charge >= 0.3 is 0 Å². The second-order valence-electron chi connectivity index (χ2n) is 4.83. The summed E-state index contributed by atoms with van der Waals surface area (Å²) in [5, 5.41) is 0. The van der Waals surface area contributed by atoms with Gasteiger partial charge in [-0.25, -0.2) is 0 Å². The Hall–Kier alpha value is -0.880. The number of thiophene rings is 1. The summed E-state index contributed by atoms with van der Waals surface area (Å²) < 4.78 is 12.4. The smallest absolute Gasteiger partial charge is 0.148 e. The van der Waals surface area contributed by atoms with Crippen molar-refractivity contribution < 1.29 is 9.47 Å². The highest BCUT2D eigenvalue weighted by atomic mass is 79.9. The number of hydrogen-bond acceptors (Lipinski definition) is 4. The Balaban J connectivity index is 2.20. The van der Waals surface area contributed by atoms with E-state index in [1.807, 2.05) is 30.3 Å². The van der Waals surface area contributed by atoms with Gasteiger partial charge in [-0.2, -0.15) is 0 Å². The van der Waals surface area contributed by atoms with E-state index < -0.39 is 0 Å². The molecule has 0 fully saturated rings. The van der Waals surface area contributed by atoms with Crippen LogP contribution in [0.5, 0.6) is 5.75 Å². The SMILES string of the molecule is CCC(N)C(Oc1cccc(COC)c1)c1ccc(Br)s1. The fourth-order valence-corrected chi connectivity index (χ4v) is 3.60. The maximum atomic E-state index is 6.24. The first-order valence-electron chi connectivity index (χ1n) is 6.89. The van der Waals surface area contributed by atoms with Gasteiger partial charge in [0.2, 0.25) is 0 Å². The molecule has 0 aliphatic carbocycles. The van der Waals surface area contributed by atoms with Crippen molar-refractivity contribution in [3.63, 3.8) is 0 Å². The highest BCUT2D eigenvalue weighted by Crippen LogP contribution is 2.33. The molecule has 2 rings (SSSR count). The minimum atomic E-state index is -0.135. The predicted octanol–water partition coefficient (Wildman–Crippen LogP) is 4.51. The van der Waals surface area contributed by atoms with E-state index in [2.05, 4.69) is 28.9 Å². The molecule has 2 aromatic rings. The van der Waals surface area contributed by atoms with Gasteiger partial charge in [0, 0.05) is 18.0 Å². The van der Waals surface area contributed by atoms with E-state index in [0.717, 1.165) is 26.4 Å². The van der Waals surface area contributed by atoms with Crippen LogP contribution in [0, 0.1) is 0 Å². The lowest BCUT2D eigenvalue weighted by molar-refractivity contribution is 0.171. The Kier molecular flexibility index (Phi) is 6.23. The minimum Gasteiger partial charge on any atom is -0.483 e. The molecule has 5 heteroatoms. The molecule has 2 N–H and O–H groups in total. The maximum Gasteiger partial charge on any atom is 0.148 e. The van der Waals surface area contributed by atoms with Crippen LogP contribution in [0.3, 0.4) is 0 Å². The van der Waals surface area contributed by atoms with E-state index in [4.69, 9.17) is 15.2 Å². The summed E-state index contributed by atoms with van der Waals surface area (Å²) in [6.45, 7) is 2.65. The summed E-state index contributed by atoms with van der Waals surface area (Å²) in [7, 11) is 1.69. The summed E-state index contributed by atoms with van der Waals surface area (Å²) in [5.41, 5.74) is 7.33. The first-order valence-corrected chi connectivity index (χ1v) is 8.50. The number of hydrogen-bond donors (Lipinski definition) is 1. The second-order valence-corrected chi connectivity index (χ2v) is 7.33. The van der Waals surface area contributed by atoms with E-state index >= 15 is 0 Å². The van der Waals surface area contributed by atoms with Crippen LogP contribution in [0.1, 0.15) is 29.9 Å². The number of benzene rings is 1. The normalized spacial score (nSPS) is 13.9. The number of nitrogens with two attached hydrogens (primary N) is 1. The molecule has 1 heterocycles. The molecule has 0 saturated heterocycles. The molecule has 114 valence electrons. The van der Waals surface area contributed by atoms with Gasteiger partial charge in [-0.3, -0.25) is 0 Å². The molecule has 2 atom stereocenters. The molecule has 0 spiro atoms. The van der Waals surface area contributed by atoms with E-state index in [1.54, 1.807) is 18.4 Å². The quantitative estimate of drug-likeness (QED) is 0.780. The van der Waals surface area contributed by atoms with Crippen molar-refractivity contribution in [1.82, 2.24) is 0 Å². The average molecular weight is 370 g/mol. The average Bonchev–Trinajstić information content (AvgIpc) is 2.91. The number of rotatable bonds is 7. The summed E-state index contributed by atoms with van der Waals surface area (Å²) in [5.74, 6) is 0.822. The molecular formula is C16H20BrNO2S. The Morgan fingerprint density at radius 3 is 2.71 bits per heavy atom. The first kappa shape index (κ1) is 16.5. The van der Waals surface area contributed by atoms with E-state index in [9.17, 15) is 0 Å². The third-order valence-corrected chi connectivity index (χ3v) is 4.89. The molecule has 3 nitrogen and oxygen atoms in total. The highest BCUT2D eigenvalue weighted by Gasteiger charge is 2.22. The Labute approximate surface area is 138 Å². The standard InChI is InChI=1S/C16H20BrNO2S/c1-3-13(18)16(14-7-8-15(17)21-14)20-12-6-4-5-11(9-12)10-19-2/h4-9,13,16H,3,10,18H2,1-2H3. The fraction of sp³-hybridized carbons (Fsp3) is 0.375. The largest absolute Gasteiger partial charge is 0.483 e. The first-order chi connectivity index (χ1) is 10.1. The van der Waals surface area contributed by atoms with E-state index in [0.29, 0.717) is 6.61 Å². The monoisotopic (exact) mass is 369 g/mol. The fourth-order valence-electron chi connectivity index (χ4n) is 2.07. The van der Waals surface area contributed by atoms with Crippen molar-refractivity contribution in [2.45, 2.75) is 32.1 Å². The Morgan fingerprint density at radius 2 is 2.10 bits per heavy atom. The molecule has 1 aromatic carbocycles. The van der Waals surface area contributed by atoms with Crippen LogP contribution in [-0.2, 0) is 11.3 Å². The number of methoxy groups -OCH3 is 1. The van der Waals surface area contributed by atoms with Crippen molar-refractivity contribution in [3.8, 4) is 5.75 Å². The van der Waals surface area contributed by atoms with Gasteiger partial charge in [0.25, 0.3) is 0 Å². The second kappa shape index (κ2) is 7.94. The molecule has 0 aliphatic heterocycles. The molecule has 1 aromatic heterocycles. The van der Waals surface area contributed by atoms with Crippen LogP contribution in [0.2, 0.25) is 0 Å². The van der Waals surface area contributed by atoms with Crippen LogP contribution in [-0.4, -0.2) is 13.2 Å². The molecular weight excluding hydrogens is 350 g/mol. The number of halogens is 1. The lowest BCUT2D eigenvalue weighted by Gasteiger charge is -2.23. The summed E-state index contributed by atoms with van der Waals surface area (Å²) in [6.07, 6.45) is 0.724. The molecule has 2 unspecified atom stereocenters. The van der Waals surface area contributed by atoms with Gasteiger partial charge < -0.3 is 15.2 Å². The minimum absolute atomic E-state index is 0.0402. The molecule has 0 aliphatic rings. The van der Waals surface area contributed by atoms with E-state index in [-0.39, 0.29) is 12.1 Å².